The zero-order chi connectivity index (χ0) is 26.1. The van der Waals surface area contributed by atoms with Crippen molar-refractivity contribution in [3.63, 3.8) is 0 Å². The van der Waals surface area contributed by atoms with Crippen LogP contribution in [0.3, 0.4) is 0 Å². The number of fused-ring (bicyclic) bond motifs is 1. The van der Waals surface area contributed by atoms with Gasteiger partial charge >= 0.3 is 0 Å². The van der Waals surface area contributed by atoms with Crippen LogP contribution in [0.5, 0.6) is 11.5 Å². The fraction of sp³-hybridized carbons (Fsp3) is 0.423. The van der Waals surface area contributed by atoms with Gasteiger partial charge in [-0.05, 0) is 52.5 Å². The molecule has 0 N–H and O–H groups in total. The van der Waals surface area contributed by atoms with E-state index < -0.39 is 5.41 Å². The average molecular weight is 628 g/mol. The molecule has 0 amide bonds. The predicted molar refractivity (Wildman–Crippen MR) is 151 cm³/mol. The molecule has 188 valence electrons. The maximum atomic E-state index is 13.4. The summed E-state index contributed by atoms with van der Waals surface area (Å²) in [5.41, 5.74) is 0.533. The van der Waals surface area contributed by atoms with Gasteiger partial charge in [0.2, 0.25) is 0 Å². The molecule has 0 saturated heterocycles. The van der Waals surface area contributed by atoms with Gasteiger partial charge in [0.15, 0.2) is 11.5 Å². The van der Waals surface area contributed by atoms with E-state index in [0.717, 1.165) is 4.47 Å². The minimum atomic E-state index is -0.423. The molecule has 0 aliphatic heterocycles. The van der Waals surface area contributed by atoms with Gasteiger partial charge in [0.25, 0.3) is 5.56 Å². The van der Waals surface area contributed by atoms with E-state index in [4.69, 9.17) is 26.1 Å². The number of aromatic nitrogens is 2. The lowest BCUT2D eigenvalue weighted by molar-refractivity contribution is 0.188. The fourth-order valence-corrected chi connectivity index (χ4v) is 4.26. The van der Waals surface area contributed by atoms with Crippen LogP contribution in [-0.2, 0) is 5.41 Å². The molecular weight excluding hydrogens is 598 g/mol. The Bertz CT molecular complexity index is 1340. The molecule has 0 radical (unpaired) electrons. The van der Waals surface area contributed by atoms with Crippen LogP contribution in [0, 0.1) is 5.41 Å². The van der Waals surface area contributed by atoms with E-state index >= 15 is 0 Å². The third-order valence-electron chi connectivity index (χ3n) is 4.90. The van der Waals surface area contributed by atoms with Crippen LogP contribution in [0.2, 0.25) is 5.02 Å². The number of halogens is 3. The quantitative estimate of drug-likeness (QED) is 0.265. The Morgan fingerprint density at radius 3 is 2.40 bits per heavy atom. The first kappa shape index (κ1) is 27.7. The maximum Gasteiger partial charge on any atom is 0.282 e. The smallest absolute Gasteiger partial charge is 0.282 e. The van der Waals surface area contributed by atoms with Crippen LogP contribution in [-0.4, -0.2) is 29.1 Å². The van der Waals surface area contributed by atoms with Crippen molar-refractivity contribution < 1.29 is 9.47 Å². The molecule has 0 saturated carbocycles. The highest BCUT2D eigenvalue weighted by molar-refractivity contribution is 9.10. The topological polar surface area (TPSA) is 65.7 Å². The second kappa shape index (κ2) is 10.6. The van der Waals surface area contributed by atoms with Gasteiger partial charge in [0.05, 0.1) is 30.3 Å². The third kappa shape index (κ3) is 6.46. The molecule has 3 rings (SSSR count). The van der Waals surface area contributed by atoms with E-state index in [1.54, 1.807) is 18.3 Å². The minimum Gasteiger partial charge on any atom is -0.490 e. The molecule has 2 aromatic carbocycles. The van der Waals surface area contributed by atoms with Crippen molar-refractivity contribution in [3.05, 3.63) is 60.0 Å². The summed E-state index contributed by atoms with van der Waals surface area (Å²) in [6.45, 7) is 15.0. The Hall–Kier alpha value is -1.90. The summed E-state index contributed by atoms with van der Waals surface area (Å²) in [5.74, 6) is 1.53. The van der Waals surface area contributed by atoms with E-state index in [0.29, 0.717) is 56.5 Å². The van der Waals surface area contributed by atoms with E-state index in [-0.39, 0.29) is 11.0 Å². The molecular formula is C26H30Br2ClN3O3. The van der Waals surface area contributed by atoms with Gasteiger partial charge in [0.1, 0.15) is 10.8 Å². The monoisotopic (exact) mass is 625 g/mol. The number of hydrogen-bond donors (Lipinski definition) is 0. The van der Waals surface area contributed by atoms with Crippen molar-refractivity contribution in [2.24, 2.45) is 10.5 Å². The zero-order valence-electron chi connectivity index (χ0n) is 21.0. The Kier molecular flexibility index (Phi) is 8.39. The molecule has 0 fully saturated rings. The first-order chi connectivity index (χ1) is 16.2. The third-order valence-corrected chi connectivity index (χ3v) is 6.83. The van der Waals surface area contributed by atoms with Crippen LogP contribution in [0.4, 0.5) is 0 Å². The van der Waals surface area contributed by atoms with Gasteiger partial charge in [-0.3, -0.25) is 4.79 Å². The number of benzene rings is 2. The minimum absolute atomic E-state index is 0.0536. The summed E-state index contributed by atoms with van der Waals surface area (Å²) in [7, 11) is 0. The number of rotatable bonds is 6. The largest absolute Gasteiger partial charge is 0.490 e. The number of ether oxygens (including phenoxy) is 2. The second-order valence-corrected chi connectivity index (χ2v) is 12.5. The molecule has 35 heavy (non-hydrogen) atoms. The molecule has 0 atom stereocenters. The molecule has 0 bridgehead atoms. The summed E-state index contributed by atoms with van der Waals surface area (Å²) in [6.07, 6.45) is 1.58. The molecule has 0 aliphatic carbocycles. The predicted octanol–water partition coefficient (Wildman–Crippen LogP) is 7.58. The van der Waals surface area contributed by atoms with Crippen molar-refractivity contribution in [2.75, 3.05) is 13.2 Å². The average Bonchev–Trinajstić information content (AvgIpc) is 2.75. The fourth-order valence-electron chi connectivity index (χ4n) is 3.25. The Balaban J connectivity index is 2.16. The molecule has 1 aromatic heterocycles. The Labute approximate surface area is 227 Å². The molecule has 0 spiro atoms. The molecule has 6 nitrogen and oxygen atoms in total. The van der Waals surface area contributed by atoms with E-state index in [2.05, 4.69) is 57.7 Å². The van der Waals surface area contributed by atoms with Gasteiger partial charge in [-0.2, -0.15) is 9.78 Å². The molecule has 0 aliphatic rings. The standard InChI is InChI=1S/C26H30Br2ClN3O3/c1-8-34-19-11-15(20(28)21(29)22(19)35-14-25(2,3)4)13-30-32-23(33)17-12-16(27)9-10-18(17)31-24(32)26(5,6)7/h9-13H,8,14H2,1-7H3. The molecule has 3 aromatic rings. The lowest BCUT2D eigenvalue weighted by Crippen LogP contribution is -2.29. The van der Waals surface area contributed by atoms with Crippen molar-refractivity contribution >= 4 is 60.6 Å². The highest BCUT2D eigenvalue weighted by Gasteiger charge is 2.24. The van der Waals surface area contributed by atoms with Crippen LogP contribution in [0.15, 0.2) is 43.1 Å². The second-order valence-electron chi connectivity index (χ2n) is 10.4. The maximum absolute atomic E-state index is 13.4. The van der Waals surface area contributed by atoms with Gasteiger partial charge in [-0.1, -0.05) is 69.1 Å². The highest BCUT2D eigenvalue weighted by atomic mass is 79.9. The van der Waals surface area contributed by atoms with Gasteiger partial charge in [0, 0.05) is 19.9 Å². The summed E-state index contributed by atoms with van der Waals surface area (Å²) < 4.78 is 14.6. The van der Waals surface area contributed by atoms with Crippen molar-refractivity contribution in [1.29, 1.82) is 0 Å². The van der Waals surface area contributed by atoms with Crippen LogP contribution < -0.4 is 15.0 Å². The van der Waals surface area contributed by atoms with Gasteiger partial charge in [-0.15, -0.1) is 0 Å². The van der Waals surface area contributed by atoms with Crippen LogP contribution in [0.1, 0.15) is 59.9 Å². The molecule has 0 unspecified atom stereocenters. The first-order valence-electron chi connectivity index (χ1n) is 11.3. The highest BCUT2D eigenvalue weighted by Crippen LogP contribution is 2.43. The summed E-state index contributed by atoms with van der Waals surface area (Å²) in [5, 5.41) is 5.41. The van der Waals surface area contributed by atoms with Crippen LogP contribution in [0.25, 0.3) is 10.9 Å². The van der Waals surface area contributed by atoms with E-state index in [9.17, 15) is 4.79 Å². The summed E-state index contributed by atoms with van der Waals surface area (Å²) >= 11 is 13.7. The lowest BCUT2D eigenvalue weighted by atomic mass is 9.95. The molecule has 9 heteroatoms. The Morgan fingerprint density at radius 2 is 1.80 bits per heavy atom. The van der Waals surface area contributed by atoms with Crippen molar-refractivity contribution in [3.8, 4) is 11.5 Å². The normalized spacial score (nSPS) is 12.5. The number of nitrogens with zero attached hydrogens (tertiary/aromatic N) is 3. The van der Waals surface area contributed by atoms with Crippen LogP contribution >= 0.6 is 43.5 Å². The summed E-state index contributed by atoms with van der Waals surface area (Å²) in [4.78, 5) is 18.2. The SMILES string of the molecule is CCOc1cc(C=Nn2c(C(C)(C)C)nc3ccc(Br)cc3c2=O)c(Br)c(Cl)c1OCC(C)(C)C. The van der Waals surface area contributed by atoms with Gasteiger partial charge in [-0.25, -0.2) is 4.98 Å². The summed E-state index contributed by atoms with van der Waals surface area (Å²) in [6, 6.07) is 7.25. The lowest BCUT2D eigenvalue weighted by Gasteiger charge is -2.22. The molecule has 1 heterocycles. The zero-order valence-corrected chi connectivity index (χ0v) is 24.9. The first-order valence-corrected chi connectivity index (χ1v) is 13.2. The Morgan fingerprint density at radius 1 is 1.11 bits per heavy atom. The van der Waals surface area contributed by atoms with Gasteiger partial charge < -0.3 is 9.47 Å². The van der Waals surface area contributed by atoms with E-state index in [1.807, 2.05) is 39.8 Å². The number of hydrogen-bond acceptors (Lipinski definition) is 5. The van der Waals surface area contributed by atoms with E-state index in [1.165, 1.54) is 4.68 Å². The van der Waals surface area contributed by atoms with Crippen molar-refractivity contribution in [2.45, 2.75) is 53.9 Å². The van der Waals surface area contributed by atoms with Crippen molar-refractivity contribution in [1.82, 2.24) is 9.66 Å².